The van der Waals surface area contributed by atoms with E-state index in [0.29, 0.717) is 19.0 Å². The van der Waals surface area contributed by atoms with Gasteiger partial charge in [-0.3, -0.25) is 9.35 Å². The molecule has 0 aromatic heterocycles. The van der Waals surface area contributed by atoms with Gasteiger partial charge in [0.15, 0.2) is 6.10 Å². The number of esters is 1. The zero-order valence-electron chi connectivity index (χ0n) is 17.2. The van der Waals surface area contributed by atoms with Crippen LogP contribution in [0.5, 0.6) is 5.75 Å². The number of halogens is 2. The topological polar surface area (TPSA) is 101 Å². The molecule has 1 aromatic rings. The number of benzene rings is 1. The predicted molar refractivity (Wildman–Crippen MR) is 115 cm³/mol. The average Bonchev–Trinajstić information content (AvgIpc) is 2.64. The molecule has 0 fully saturated rings. The Kier molecular flexibility index (Phi) is 9.68. The van der Waals surface area contributed by atoms with E-state index in [-0.39, 0.29) is 18.6 Å². The van der Waals surface area contributed by atoms with E-state index in [9.17, 15) is 27.1 Å². The van der Waals surface area contributed by atoms with Crippen LogP contribution >= 0.6 is 0 Å². The van der Waals surface area contributed by atoms with Gasteiger partial charge in [0.2, 0.25) is 0 Å². The van der Waals surface area contributed by atoms with E-state index in [2.05, 4.69) is 0 Å². The number of rotatable bonds is 11. The molecular formula is C17H27B3F2O6S. The summed E-state index contributed by atoms with van der Waals surface area (Å²) >= 11 is 0. The minimum Gasteiger partial charge on any atom is -0.507 e. The highest BCUT2D eigenvalue weighted by molar-refractivity contribution is 7.85. The van der Waals surface area contributed by atoms with Crippen molar-refractivity contribution < 1.29 is 36.4 Å². The van der Waals surface area contributed by atoms with Crippen molar-refractivity contribution in [3.8, 4) is 5.75 Å². The smallest absolute Gasteiger partial charge is 0.309 e. The second kappa shape index (κ2) is 11.0. The standard InChI is InChI=1S/C17H27B3F2O6S/c1-2-9(17(24)28-14(16(21)22)8-29(25,26)27)4-12-10(5-18)3-11(6-19)15(23)13(12)7-20/h3,9,14,16,23H,2,4-8,18-20H2,1H3,(H,25,26,27). The average molecular weight is 430 g/mol. The van der Waals surface area contributed by atoms with Crippen LogP contribution in [-0.2, 0) is 45.0 Å². The van der Waals surface area contributed by atoms with Gasteiger partial charge in [-0.2, -0.15) is 8.42 Å². The van der Waals surface area contributed by atoms with Gasteiger partial charge in [0.1, 0.15) is 35.0 Å². The first kappa shape index (κ1) is 25.5. The molecule has 0 saturated carbocycles. The van der Waals surface area contributed by atoms with Crippen LogP contribution < -0.4 is 0 Å². The molecule has 0 heterocycles. The lowest BCUT2D eigenvalue weighted by molar-refractivity contribution is -0.160. The summed E-state index contributed by atoms with van der Waals surface area (Å²) in [4.78, 5) is 12.5. The SMILES string of the molecule is BCc1cc(CB)c(CC(CC)C(=O)OC(CS(=O)(=O)O)C(F)F)c(CB)c1O. The van der Waals surface area contributed by atoms with Crippen LogP contribution in [0.3, 0.4) is 0 Å². The Morgan fingerprint density at radius 3 is 2.14 bits per heavy atom. The number of carbonyl (C=O) groups excluding carboxylic acids is 1. The van der Waals surface area contributed by atoms with Crippen LogP contribution in [0.25, 0.3) is 0 Å². The van der Waals surface area contributed by atoms with E-state index < -0.39 is 40.3 Å². The first-order valence-electron chi connectivity index (χ1n) is 9.78. The van der Waals surface area contributed by atoms with E-state index in [4.69, 9.17) is 9.29 Å². The largest absolute Gasteiger partial charge is 0.507 e. The fraction of sp³-hybridized carbons (Fsp3) is 0.588. The highest BCUT2D eigenvalue weighted by Gasteiger charge is 2.32. The summed E-state index contributed by atoms with van der Waals surface area (Å²) in [5.41, 5.74) is 3.28. The molecule has 0 bridgehead atoms. The van der Waals surface area contributed by atoms with Crippen molar-refractivity contribution in [1.29, 1.82) is 0 Å². The summed E-state index contributed by atoms with van der Waals surface area (Å²) in [6.07, 6.45) is -3.16. The summed E-state index contributed by atoms with van der Waals surface area (Å²) < 4.78 is 61.6. The maximum absolute atomic E-state index is 13.1. The minimum atomic E-state index is -4.73. The number of aromatic hydroxyl groups is 1. The molecule has 0 saturated heterocycles. The third-order valence-electron chi connectivity index (χ3n) is 5.01. The highest BCUT2D eigenvalue weighted by Crippen LogP contribution is 2.32. The Morgan fingerprint density at radius 2 is 1.72 bits per heavy atom. The monoisotopic (exact) mass is 430 g/mol. The lowest BCUT2D eigenvalue weighted by Crippen LogP contribution is -2.35. The molecule has 2 N–H and O–H groups in total. The van der Waals surface area contributed by atoms with Crippen LogP contribution in [0.4, 0.5) is 8.78 Å². The van der Waals surface area contributed by atoms with E-state index >= 15 is 0 Å². The van der Waals surface area contributed by atoms with E-state index in [0.717, 1.165) is 22.3 Å². The molecule has 0 radical (unpaired) electrons. The first-order valence-corrected chi connectivity index (χ1v) is 11.4. The van der Waals surface area contributed by atoms with Crippen molar-refractivity contribution in [1.82, 2.24) is 0 Å². The van der Waals surface area contributed by atoms with Crippen LogP contribution in [0.2, 0.25) is 0 Å². The quantitative estimate of drug-likeness (QED) is 0.277. The number of alkyl halides is 2. The van der Waals surface area contributed by atoms with Crippen LogP contribution in [0, 0.1) is 5.92 Å². The number of phenolic OH excluding ortho intramolecular Hbond substituents is 1. The lowest BCUT2D eigenvalue weighted by atomic mass is 9.78. The zero-order chi connectivity index (χ0) is 22.4. The van der Waals surface area contributed by atoms with E-state index in [1.807, 2.05) is 29.6 Å². The van der Waals surface area contributed by atoms with Crippen LogP contribution in [-0.4, -0.2) is 65.9 Å². The molecule has 2 atom stereocenters. The van der Waals surface area contributed by atoms with Gasteiger partial charge in [-0.1, -0.05) is 37.5 Å². The maximum atomic E-state index is 13.1. The van der Waals surface area contributed by atoms with E-state index in [1.54, 1.807) is 6.92 Å². The Morgan fingerprint density at radius 1 is 1.14 bits per heavy atom. The van der Waals surface area contributed by atoms with Crippen molar-refractivity contribution >= 4 is 39.6 Å². The fourth-order valence-corrected chi connectivity index (χ4v) is 4.00. The maximum Gasteiger partial charge on any atom is 0.309 e. The number of carbonyl (C=O) groups is 1. The Balaban J connectivity index is 3.20. The molecule has 1 rings (SSSR count). The number of hydrogen-bond acceptors (Lipinski definition) is 5. The molecule has 0 aliphatic heterocycles. The third-order valence-corrected chi connectivity index (χ3v) is 5.76. The summed E-state index contributed by atoms with van der Waals surface area (Å²) in [6, 6.07) is 1.89. The van der Waals surface area contributed by atoms with Crippen molar-refractivity contribution in [3.05, 3.63) is 28.3 Å². The van der Waals surface area contributed by atoms with Gasteiger partial charge in [-0.25, -0.2) is 8.78 Å². The van der Waals surface area contributed by atoms with Gasteiger partial charge < -0.3 is 9.84 Å². The molecule has 0 aliphatic carbocycles. The van der Waals surface area contributed by atoms with Gasteiger partial charge in [0.25, 0.3) is 16.5 Å². The molecule has 0 aliphatic rings. The van der Waals surface area contributed by atoms with Crippen molar-refractivity contribution in [3.63, 3.8) is 0 Å². The zero-order valence-corrected chi connectivity index (χ0v) is 18.1. The van der Waals surface area contributed by atoms with Gasteiger partial charge in [-0.15, -0.1) is 0 Å². The Bertz CT molecular complexity index is 820. The molecule has 0 spiro atoms. The molecule has 2 unspecified atom stereocenters. The summed E-state index contributed by atoms with van der Waals surface area (Å²) in [6.45, 7) is 1.70. The van der Waals surface area contributed by atoms with Crippen LogP contribution in [0.15, 0.2) is 6.07 Å². The second-order valence-electron chi connectivity index (χ2n) is 6.93. The molecule has 0 amide bonds. The third kappa shape index (κ3) is 7.03. The summed E-state index contributed by atoms with van der Waals surface area (Å²) in [5, 5.41) is 10.5. The molecule has 160 valence electrons. The molecule has 29 heavy (non-hydrogen) atoms. The number of phenols is 1. The second-order valence-corrected chi connectivity index (χ2v) is 8.43. The molecular weight excluding hydrogens is 403 g/mol. The Hall–Kier alpha value is -1.55. The molecule has 6 nitrogen and oxygen atoms in total. The lowest BCUT2D eigenvalue weighted by Gasteiger charge is -2.23. The van der Waals surface area contributed by atoms with Crippen molar-refractivity contribution in [2.75, 3.05) is 5.75 Å². The van der Waals surface area contributed by atoms with Crippen molar-refractivity contribution in [2.45, 2.75) is 51.3 Å². The number of ether oxygens (including phenoxy) is 1. The van der Waals surface area contributed by atoms with Crippen LogP contribution in [0.1, 0.15) is 35.6 Å². The summed E-state index contributed by atoms with van der Waals surface area (Å²) in [5.74, 6) is -2.92. The molecule has 1 aromatic carbocycles. The minimum absolute atomic E-state index is 0.182. The highest BCUT2D eigenvalue weighted by atomic mass is 32.2. The van der Waals surface area contributed by atoms with E-state index in [1.165, 1.54) is 0 Å². The van der Waals surface area contributed by atoms with Gasteiger partial charge in [0, 0.05) is 0 Å². The first-order chi connectivity index (χ1) is 13.5. The summed E-state index contributed by atoms with van der Waals surface area (Å²) in [7, 11) is 1.04. The molecule has 12 heteroatoms. The number of hydrogen-bond donors (Lipinski definition) is 2. The Labute approximate surface area is 173 Å². The van der Waals surface area contributed by atoms with Gasteiger partial charge >= 0.3 is 5.97 Å². The predicted octanol–water partition coefficient (Wildman–Crippen LogP) is -0.575. The van der Waals surface area contributed by atoms with Crippen molar-refractivity contribution in [2.24, 2.45) is 5.92 Å². The van der Waals surface area contributed by atoms with Gasteiger partial charge in [0.05, 0.1) is 5.92 Å². The fourth-order valence-electron chi connectivity index (χ4n) is 3.37. The van der Waals surface area contributed by atoms with Gasteiger partial charge in [-0.05, 0) is 29.5 Å². The normalized spacial score (nSPS) is 14.0.